The van der Waals surface area contributed by atoms with E-state index in [1.165, 1.54) is 11.3 Å². The third kappa shape index (κ3) is 6.94. The molecule has 0 atom stereocenters. The average Bonchev–Trinajstić information content (AvgIpc) is 3.10. The van der Waals surface area contributed by atoms with Crippen molar-refractivity contribution in [3.8, 4) is 5.75 Å². The van der Waals surface area contributed by atoms with Crippen LogP contribution in [0.5, 0.6) is 5.75 Å². The molecule has 0 saturated heterocycles. The van der Waals surface area contributed by atoms with Gasteiger partial charge < -0.3 is 20.3 Å². The second-order valence-electron chi connectivity index (χ2n) is 5.71. The van der Waals surface area contributed by atoms with Gasteiger partial charge in [0.15, 0.2) is 0 Å². The largest absolute Gasteiger partial charge is 0.492 e. The van der Waals surface area contributed by atoms with Gasteiger partial charge in [-0.25, -0.2) is 0 Å². The number of rotatable bonds is 9. The zero-order chi connectivity index (χ0) is 18.1. The van der Waals surface area contributed by atoms with Crippen LogP contribution < -0.4 is 15.4 Å². The molecule has 2 N–H and O–H groups in total. The van der Waals surface area contributed by atoms with Gasteiger partial charge in [-0.1, -0.05) is 6.07 Å². The van der Waals surface area contributed by atoms with Gasteiger partial charge in [-0.15, -0.1) is 11.3 Å². The first-order chi connectivity index (χ1) is 12.0. The number of nitrogens with one attached hydrogen (secondary N) is 2. The zero-order valence-corrected chi connectivity index (χ0v) is 15.3. The van der Waals surface area contributed by atoms with Crippen LogP contribution in [0.25, 0.3) is 0 Å². The number of carbonyl (C=O) groups excluding carboxylic acids is 2. The van der Waals surface area contributed by atoms with E-state index in [1.807, 2.05) is 42.6 Å². The first kappa shape index (κ1) is 19.0. The summed E-state index contributed by atoms with van der Waals surface area (Å²) >= 11 is 1.37. The molecular formula is C18H23N3O3S. The van der Waals surface area contributed by atoms with Gasteiger partial charge >= 0.3 is 0 Å². The summed E-state index contributed by atoms with van der Waals surface area (Å²) in [5.41, 5.74) is 0.703. The van der Waals surface area contributed by atoms with E-state index < -0.39 is 0 Å². The quantitative estimate of drug-likeness (QED) is 0.720. The molecule has 0 bridgehead atoms. The number of carbonyl (C=O) groups is 2. The summed E-state index contributed by atoms with van der Waals surface area (Å²) in [7, 11) is 3.98. The Labute approximate surface area is 151 Å². The number of hydrogen-bond donors (Lipinski definition) is 2. The fraction of sp³-hybridized carbons (Fsp3) is 0.333. The molecule has 7 heteroatoms. The molecule has 0 aliphatic heterocycles. The van der Waals surface area contributed by atoms with Crippen molar-refractivity contribution in [1.82, 2.24) is 10.2 Å². The number of nitrogens with zero attached hydrogens (tertiary/aromatic N) is 1. The van der Waals surface area contributed by atoms with Crippen LogP contribution in [0.15, 0.2) is 41.8 Å². The first-order valence-electron chi connectivity index (χ1n) is 8.04. The van der Waals surface area contributed by atoms with E-state index in [9.17, 15) is 9.59 Å². The van der Waals surface area contributed by atoms with Crippen LogP contribution >= 0.6 is 11.3 Å². The third-order valence-electron chi connectivity index (χ3n) is 3.33. The highest BCUT2D eigenvalue weighted by molar-refractivity contribution is 7.12. The third-order valence-corrected chi connectivity index (χ3v) is 4.20. The standard InChI is InChI=1S/C18H23N3O3S/c1-21(2)11-12-24-15-7-5-14(6-8-15)20-17(22)9-10-19-18(23)16-4-3-13-25-16/h3-8,13H,9-12H2,1-2H3,(H,19,23)(H,20,22). The highest BCUT2D eigenvalue weighted by Gasteiger charge is 2.07. The maximum absolute atomic E-state index is 11.9. The number of benzene rings is 1. The molecule has 1 aromatic heterocycles. The Hall–Kier alpha value is -2.38. The molecule has 1 aromatic carbocycles. The molecule has 0 radical (unpaired) electrons. The second kappa shape index (κ2) is 9.80. The summed E-state index contributed by atoms with van der Waals surface area (Å²) in [4.78, 5) is 26.4. The van der Waals surface area contributed by atoms with E-state index in [0.717, 1.165) is 12.3 Å². The molecule has 2 amide bonds. The number of thiophene rings is 1. The lowest BCUT2D eigenvalue weighted by Crippen LogP contribution is -2.27. The summed E-state index contributed by atoms with van der Waals surface area (Å²) in [5, 5.41) is 7.37. The molecule has 0 saturated carbocycles. The lowest BCUT2D eigenvalue weighted by atomic mass is 10.3. The van der Waals surface area contributed by atoms with Crippen molar-refractivity contribution in [3.63, 3.8) is 0 Å². The molecule has 0 spiro atoms. The lowest BCUT2D eigenvalue weighted by Gasteiger charge is -2.11. The Morgan fingerprint density at radius 3 is 2.56 bits per heavy atom. The Morgan fingerprint density at radius 1 is 1.16 bits per heavy atom. The van der Waals surface area contributed by atoms with Gasteiger partial charge in [-0.05, 0) is 49.8 Å². The number of amides is 2. The predicted molar refractivity (Wildman–Crippen MR) is 100 cm³/mol. The summed E-state index contributed by atoms with van der Waals surface area (Å²) < 4.78 is 5.60. The van der Waals surface area contributed by atoms with E-state index in [4.69, 9.17) is 4.74 Å². The molecule has 0 aliphatic carbocycles. The van der Waals surface area contributed by atoms with Gasteiger partial charge in [-0.2, -0.15) is 0 Å². The van der Waals surface area contributed by atoms with E-state index in [2.05, 4.69) is 10.6 Å². The van der Waals surface area contributed by atoms with Crippen LogP contribution in [-0.4, -0.2) is 50.5 Å². The van der Waals surface area contributed by atoms with Gasteiger partial charge in [0.1, 0.15) is 12.4 Å². The number of anilines is 1. The second-order valence-corrected chi connectivity index (χ2v) is 6.66. The number of hydrogen-bond acceptors (Lipinski definition) is 5. The monoisotopic (exact) mass is 361 g/mol. The van der Waals surface area contributed by atoms with E-state index in [1.54, 1.807) is 18.2 Å². The van der Waals surface area contributed by atoms with Crippen molar-refractivity contribution in [2.75, 3.05) is 39.1 Å². The van der Waals surface area contributed by atoms with Crippen LogP contribution in [-0.2, 0) is 4.79 Å². The van der Waals surface area contributed by atoms with Crippen LogP contribution in [0.1, 0.15) is 16.1 Å². The highest BCUT2D eigenvalue weighted by atomic mass is 32.1. The van der Waals surface area contributed by atoms with Crippen LogP contribution in [0, 0.1) is 0 Å². The molecular weight excluding hydrogens is 338 g/mol. The molecule has 1 heterocycles. The van der Waals surface area contributed by atoms with Gasteiger partial charge in [0, 0.05) is 25.2 Å². The van der Waals surface area contributed by atoms with E-state index in [0.29, 0.717) is 23.7 Å². The normalized spacial score (nSPS) is 10.5. The molecule has 2 rings (SSSR count). The average molecular weight is 361 g/mol. The Bertz CT molecular complexity index is 669. The van der Waals surface area contributed by atoms with Crippen molar-refractivity contribution in [2.45, 2.75) is 6.42 Å². The van der Waals surface area contributed by atoms with Crippen molar-refractivity contribution in [2.24, 2.45) is 0 Å². The Balaban J connectivity index is 1.68. The fourth-order valence-corrected chi connectivity index (χ4v) is 2.63. The molecule has 25 heavy (non-hydrogen) atoms. The highest BCUT2D eigenvalue weighted by Crippen LogP contribution is 2.15. The molecule has 0 unspecified atom stereocenters. The summed E-state index contributed by atoms with van der Waals surface area (Å²) in [6, 6.07) is 10.8. The van der Waals surface area contributed by atoms with Gasteiger partial charge in [0.05, 0.1) is 4.88 Å². The molecule has 134 valence electrons. The van der Waals surface area contributed by atoms with Crippen molar-refractivity contribution >= 4 is 28.8 Å². The van der Waals surface area contributed by atoms with Gasteiger partial charge in [-0.3, -0.25) is 9.59 Å². The molecule has 2 aromatic rings. The summed E-state index contributed by atoms with van der Waals surface area (Å²) in [5.74, 6) is 0.470. The van der Waals surface area contributed by atoms with Crippen molar-refractivity contribution in [1.29, 1.82) is 0 Å². The fourth-order valence-electron chi connectivity index (χ4n) is 1.99. The van der Waals surface area contributed by atoms with Crippen LogP contribution in [0.3, 0.4) is 0 Å². The minimum Gasteiger partial charge on any atom is -0.492 e. The zero-order valence-electron chi connectivity index (χ0n) is 14.5. The van der Waals surface area contributed by atoms with Crippen molar-refractivity contribution in [3.05, 3.63) is 46.7 Å². The lowest BCUT2D eigenvalue weighted by molar-refractivity contribution is -0.116. The summed E-state index contributed by atoms with van der Waals surface area (Å²) in [6.07, 6.45) is 0.220. The topological polar surface area (TPSA) is 70.7 Å². The summed E-state index contributed by atoms with van der Waals surface area (Å²) in [6.45, 7) is 1.76. The van der Waals surface area contributed by atoms with Crippen molar-refractivity contribution < 1.29 is 14.3 Å². The maximum Gasteiger partial charge on any atom is 0.261 e. The Kier molecular flexibility index (Phi) is 7.43. The van der Waals surface area contributed by atoms with E-state index in [-0.39, 0.29) is 18.2 Å². The minimum absolute atomic E-state index is 0.146. The van der Waals surface area contributed by atoms with Gasteiger partial charge in [0.2, 0.25) is 5.91 Å². The first-order valence-corrected chi connectivity index (χ1v) is 8.91. The Morgan fingerprint density at radius 2 is 1.92 bits per heavy atom. The smallest absolute Gasteiger partial charge is 0.261 e. The van der Waals surface area contributed by atoms with Crippen LogP contribution in [0.4, 0.5) is 5.69 Å². The van der Waals surface area contributed by atoms with Gasteiger partial charge in [0.25, 0.3) is 5.91 Å². The SMILES string of the molecule is CN(C)CCOc1ccc(NC(=O)CCNC(=O)c2cccs2)cc1. The number of ether oxygens (including phenoxy) is 1. The molecule has 0 fully saturated rings. The molecule has 0 aliphatic rings. The number of likely N-dealkylation sites (N-methyl/N-ethyl adjacent to an activating group) is 1. The predicted octanol–water partition coefficient (Wildman–Crippen LogP) is 2.45. The van der Waals surface area contributed by atoms with E-state index >= 15 is 0 Å². The minimum atomic E-state index is -0.151. The molecule has 6 nitrogen and oxygen atoms in total. The van der Waals surface area contributed by atoms with Crippen LogP contribution in [0.2, 0.25) is 0 Å². The maximum atomic E-state index is 11.9.